The van der Waals surface area contributed by atoms with E-state index < -0.39 is 0 Å². The molecule has 0 aliphatic carbocycles. The second kappa shape index (κ2) is 5.52. The van der Waals surface area contributed by atoms with E-state index in [9.17, 15) is 5.11 Å². The summed E-state index contributed by atoms with van der Waals surface area (Å²) in [5.41, 5.74) is 7.05. The molecule has 17 heavy (non-hydrogen) atoms. The van der Waals surface area contributed by atoms with E-state index in [1.54, 1.807) is 6.07 Å². The minimum Gasteiger partial charge on any atom is -0.508 e. The molecule has 3 N–H and O–H groups in total. The molecule has 1 aliphatic heterocycles. The molecule has 1 aliphatic rings. The first-order valence-electron chi connectivity index (χ1n) is 6.45. The van der Waals surface area contributed by atoms with Gasteiger partial charge in [-0.1, -0.05) is 24.6 Å². The fourth-order valence-electron chi connectivity index (χ4n) is 2.67. The molecular weight excluding hydrogens is 212 g/mol. The molecule has 0 aromatic heterocycles. The highest BCUT2D eigenvalue weighted by Crippen LogP contribution is 2.24. The largest absolute Gasteiger partial charge is 0.508 e. The lowest BCUT2D eigenvalue weighted by Crippen LogP contribution is -2.48. The number of nitrogens with two attached hydrogens (primary N) is 1. The highest BCUT2D eigenvalue weighted by molar-refractivity contribution is 5.31. The van der Waals surface area contributed by atoms with E-state index in [4.69, 9.17) is 5.73 Å². The number of nitrogens with zero attached hydrogens (tertiary/aromatic N) is 1. The number of rotatable bonds is 3. The Bertz CT molecular complexity index is 365. The highest BCUT2D eigenvalue weighted by Gasteiger charge is 2.25. The first-order chi connectivity index (χ1) is 8.18. The molecule has 2 unspecified atom stereocenters. The predicted molar refractivity (Wildman–Crippen MR) is 69.8 cm³/mol. The Labute approximate surface area is 103 Å². The van der Waals surface area contributed by atoms with Crippen LogP contribution in [-0.4, -0.2) is 28.6 Å². The maximum atomic E-state index is 9.81. The maximum absolute atomic E-state index is 9.81. The molecule has 1 saturated heterocycles. The zero-order chi connectivity index (χ0) is 12.3. The third-order valence-electron chi connectivity index (χ3n) is 3.64. The van der Waals surface area contributed by atoms with Crippen LogP contribution in [0.5, 0.6) is 5.75 Å². The van der Waals surface area contributed by atoms with Crippen LogP contribution in [0.3, 0.4) is 0 Å². The van der Waals surface area contributed by atoms with Gasteiger partial charge in [-0.2, -0.15) is 0 Å². The van der Waals surface area contributed by atoms with Gasteiger partial charge in [0.2, 0.25) is 0 Å². The Hall–Kier alpha value is -1.06. The van der Waals surface area contributed by atoms with Crippen LogP contribution in [0, 0.1) is 0 Å². The Kier molecular flexibility index (Phi) is 4.02. The van der Waals surface area contributed by atoms with Crippen molar-refractivity contribution < 1.29 is 5.11 Å². The van der Waals surface area contributed by atoms with Crippen molar-refractivity contribution in [1.29, 1.82) is 0 Å². The Morgan fingerprint density at radius 3 is 2.88 bits per heavy atom. The number of phenols is 1. The minimum absolute atomic E-state index is 0.196. The van der Waals surface area contributed by atoms with E-state index in [2.05, 4.69) is 11.8 Å². The standard InChI is InChI=1S/C14H22N2O/c1-11(15)13-7-4-5-9-16(13)10-12-6-2-3-8-14(12)17/h2-3,6,8,11,13,17H,4-5,7,9-10,15H2,1H3. The average Bonchev–Trinajstić information content (AvgIpc) is 2.32. The lowest BCUT2D eigenvalue weighted by molar-refractivity contribution is 0.122. The summed E-state index contributed by atoms with van der Waals surface area (Å²) in [6.45, 7) is 3.97. The maximum Gasteiger partial charge on any atom is 0.120 e. The fourth-order valence-corrected chi connectivity index (χ4v) is 2.67. The molecule has 0 amide bonds. The smallest absolute Gasteiger partial charge is 0.120 e. The molecule has 1 heterocycles. The summed E-state index contributed by atoms with van der Waals surface area (Å²) >= 11 is 0. The quantitative estimate of drug-likeness (QED) is 0.842. The second-order valence-electron chi connectivity index (χ2n) is 5.02. The van der Waals surface area contributed by atoms with Crippen LogP contribution < -0.4 is 5.73 Å². The number of phenolic OH excluding ortho intramolecular Hbond substituents is 1. The van der Waals surface area contributed by atoms with Crippen LogP contribution in [-0.2, 0) is 6.54 Å². The predicted octanol–water partition coefficient (Wildman–Crippen LogP) is 2.09. The summed E-state index contributed by atoms with van der Waals surface area (Å²) < 4.78 is 0. The molecular formula is C14H22N2O. The molecule has 0 spiro atoms. The summed E-state index contributed by atoms with van der Waals surface area (Å²) in [5, 5.41) is 9.81. The second-order valence-corrected chi connectivity index (χ2v) is 5.02. The summed E-state index contributed by atoms with van der Waals surface area (Å²) in [6.07, 6.45) is 3.67. The van der Waals surface area contributed by atoms with Crippen molar-refractivity contribution in [2.45, 2.75) is 44.8 Å². The SMILES string of the molecule is CC(N)C1CCCCN1Cc1ccccc1O. The lowest BCUT2D eigenvalue weighted by Gasteiger charge is -2.38. The van der Waals surface area contributed by atoms with Gasteiger partial charge in [-0.05, 0) is 32.4 Å². The van der Waals surface area contributed by atoms with Crippen LogP contribution >= 0.6 is 0 Å². The van der Waals surface area contributed by atoms with Crippen molar-refractivity contribution in [1.82, 2.24) is 4.90 Å². The van der Waals surface area contributed by atoms with Gasteiger partial charge >= 0.3 is 0 Å². The first-order valence-corrected chi connectivity index (χ1v) is 6.45. The number of hydrogen-bond acceptors (Lipinski definition) is 3. The number of piperidine rings is 1. The zero-order valence-electron chi connectivity index (χ0n) is 10.5. The molecule has 0 bridgehead atoms. The summed E-state index contributed by atoms with van der Waals surface area (Å²) in [6, 6.07) is 8.21. The summed E-state index contributed by atoms with van der Waals surface area (Å²) in [7, 11) is 0. The van der Waals surface area contributed by atoms with Gasteiger partial charge in [0.15, 0.2) is 0 Å². The molecule has 2 rings (SSSR count). The van der Waals surface area contributed by atoms with E-state index in [0.29, 0.717) is 11.8 Å². The third-order valence-corrected chi connectivity index (χ3v) is 3.64. The van der Waals surface area contributed by atoms with Crippen LogP contribution in [0.1, 0.15) is 31.7 Å². The number of para-hydroxylation sites is 1. The zero-order valence-corrected chi connectivity index (χ0v) is 10.5. The number of hydrogen-bond donors (Lipinski definition) is 2. The fraction of sp³-hybridized carbons (Fsp3) is 0.571. The normalized spacial score (nSPS) is 23.5. The van der Waals surface area contributed by atoms with Crippen molar-refractivity contribution >= 4 is 0 Å². The Balaban J connectivity index is 2.08. The van der Waals surface area contributed by atoms with Crippen molar-refractivity contribution in [3.63, 3.8) is 0 Å². The van der Waals surface area contributed by atoms with Gasteiger partial charge in [0, 0.05) is 24.2 Å². The molecule has 3 heteroatoms. The third kappa shape index (κ3) is 2.99. The molecule has 2 atom stereocenters. The van der Waals surface area contributed by atoms with Gasteiger partial charge in [-0.3, -0.25) is 4.90 Å². The van der Waals surface area contributed by atoms with Gasteiger partial charge in [0.25, 0.3) is 0 Å². The van der Waals surface area contributed by atoms with Gasteiger partial charge < -0.3 is 10.8 Å². The lowest BCUT2D eigenvalue weighted by atomic mass is 9.96. The minimum atomic E-state index is 0.196. The number of benzene rings is 1. The topological polar surface area (TPSA) is 49.5 Å². The molecule has 3 nitrogen and oxygen atoms in total. The van der Waals surface area contributed by atoms with E-state index in [1.807, 2.05) is 18.2 Å². The average molecular weight is 234 g/mol. The van der Waals surface area contributed by atoms with Crippen LogP contribution in [0.4, 0.5) is 0 Å². The van der Waals surface area contributed by atoms with Crippen LogP contribution in [0.15, 0.2) is 24.3 Å². The number of aromatic hydroxyl groups is 1. The molecule has 1 fully saturated rings. The number of likely N-dealkylation sites (tertiary alicyclic amines) is 1. The van der Waals surface area contributed by atoms with E-state index >= 15 is 0 Å². The van der Waals surface area contributed by atoms with Gasteiger partial charge in [-0.15, -0.1) is 0 Å². The Morgan fingerprint density at radius 2 is 2.18 bits per heavy atom. The van der Waals surface area contributed by atoms with E-state index in [-0.39, 0.29) is 6.04 Å². The van der Waals surface area contributed by atoms with Crippen LogP contribution in [0.2, 0.25) is 0 Å². The molecule has 1 aromatic carbocycles. The summed E-state index contributed by atoms with van der Waals surface area (Å²) in [4.78, 5) is 2.41. The monoisotopic (exact) mass is 234 g/mol. The van der Waals surface area contributed by atoms with Crippen molar-refractivity contribution in [3.05, 3.63) is 29.8 Å². The molecule has 1 aromatic rings. The van der Waals surface area contributed by atoms with Gasteiger partial charge in [0.1, 0.15) is 5.75 Å². The molecule has 0 radical (unpaired) electrons. The van der Waals surface area contributed by atoms with Gasteiger partial charge in [-0.25, -0.2) is 0 Å². The van der Waals surface area contributed by atoms with E-state index in [0.717, 1.165) is 18.7 Å². The van der Waals surface area contributed by atoms with Crippen LogP contribution in [0.25, 0.3) is 0 Å². The Morgan fingerprint density at radius 1 is 1.41 bits per heavy atom. The highest BCUT2D eigenvalue weighted by atomic mass is 16.3. The van der Waals surface area contributed by atoms with Crippen molar-refractivity contribution in [2.75, 3.05) is 6.54 Å². The first kappa shape index (κ1) is 12.4. The molecule has 94 valence electrons. The molecule has 0 saturated carbocycles. The van der Waals surface area contributed by atoms with Gasteiger partial charge in [0.05, 0.1) is 0 Å². The van der Waals surface area contributed by atoms with Crippen molar-refractivity contribution in [3.8, 4) is 5.75 Å². The summed E-state index contributed by atoms with van der Waals surface area (Å²) in [5.74, 6) is 0.390. The van der Waals surface area contributed by atoms with Crippen molar-refractivity contribution in [2.24, 2.45) is 5.73 Å². The van der Waals surface area contributed by atoms with E-state index in [1.165, 1.54) is 19.3 Å².